The minimum Gasteiger partial charge on any atom is -0.376 e. The van der Waals surface area contributed by atoms with E-state index in [1.165, 1.54) is 0 Å². The van der Waals surface area contributed by atoms with Crippen molar-refractivity contribution in [2.24, 2.45) is 0 Å². The summed E-state index contributed by atoms with van der Waals surface area (Å²) in [5, 5.41) is 5.82. The van der Waals surface area contributed by atoms with Crippen molar-refractivity contribution in [1.29, 1.82) is 0 Å². The lowest BCUT2D eigenvalue weighted by atomic mass is 9.92. The quantitative estimate of drug-likeness (QED) is 0.835. The van der Waals surface area contributed by atoms with Gasteiger partial charge in [0.25, 0.3) is 5.91 Å². The standard InChI is InChI=1S/C21H17ClN2O3/c22-17-18(20(26)16-4-2-1-3-15(16)19(17)25)23-11-12-5-7-13(8-6-12)21(27)24-14-9-10-14/h1-8,14,23H,9-11H2,(H,24,27). The largest absolute Gasteiger partial charge is 0.376 e. The second-order valence-corrected chi connectivity index (χ2v) is 7.07. The number of rotatable bonds is 5. The fourth-order valence-corrected chi connectivity index (χ4v) is 3.22. The fourth-order valence-electron chi connectivity index (χ4n) is 2.96. The summed E-state index contributed by atoms with van der Waals surface area (Å²) in [6, 6.07) is 14.1. The molecule has 0 heterocycles. The molecule has 4 rings (SSSR count). The number of allylic oxidation sites excluding steroid dienone is 2. The predicted molar refractivity (Wildman–Crippen MR) is 102 cm³/mol. The molecular formula is C21H17ClN2O3. The number of nitrogens with one attached hydrogen (secondary N) is 2. The zero-order valence-electron chi connectivity index (χ0n) is 14.4. The van der Waals surface area contributed by atoms with Crippen LogP contribution in [0.15, 0.2) is 59.3 Å². The molecule has 1 fully saturated rings. The van der Waals surface area contributed by atoms with Crippen LogP contribution in [-0.4, -0.2) is 23.5 Å². The number of halogens is 1. The van der Waals surface area contributed by atoms with Gasteiger partial charge >= 0.3 is 0 Å². The molecule has 5 nitrogen and oxygen atoms in total. The SMILES string of the molecule is O=C(NC1CC1)c1ccc(CNC2=C(Cl)C(=O)c3ccccc3C2=O)cc1. The van der Waals surface area contributed by atoms with Crippen LogP contribution in [0.25, 0.3) is 0 Å². The van der Waals surface area contributed by atoms with Crippen LogP contribution in [-0.2, 0) is 6.54 Å². The molecular weight excluding hydrogens is 364 g/mol. The van der Waals surface area contributed by atoms with E-state index in [1.807, 2.05) is 12.1 Å². The third kappa shape index (κ3) is 3.51. The van der Waals surface area contributed by atoms with E-state index in [-0.39, 0.29) is 28.2 Å². The van der Waals surface area contributed by atoms with Crippen LogP contribution in [0.3, 0.4) is 0 Å². The van der Waals surface area contributed by atoms with Gasteiger partial charge in [0, 0.05) is 29.3 Å². The van der Waals surface area contributed by atoms with E-state index in [2.05, 4.69) is 10.6 Å². The molecule has 0 aromatic heterocycles. The molecule has 136 valence electrons. The van der Waals surface area contributed by atoms with E-state index in [0.717, 1.165) is 18.4 Å². The topological polar surface area (TPSA) is 75.3 Å². The Kier molecular flexibility index (Phi) is 4.54. The van der Waals surface area contributed by atoms with Crippen molar-refractivity contribution in [3.8, 4) is 0 Å². The lowest BCUT2D eigenvalue weighted by Gasteiger charge is -2.19. The maximum Gasteiger partial charge on any atom is 0.251 e. The van der Waals surface area contributed by atoms with Crippen molar-refractivity contribution in [1.82, 2.24) is 10.6 Å². The van der Waals surface area contributed by atoms with Crippen molar-refractivity contribution < 1.29 is 14.4 Å². The molecule has 0 unspecified atom stereocenters. The van der Waals surface area contributed by atoms with E-state index in [1.54, 1.807) is 36.4 Å². The van der Waals surface area contributed by atoms with Crippen LogP contribution in [0.4, 0.5) is 0 Å². The summed E-state index contributed by atoms with van der Waals surface area (Å²) in [5.74, 6) is -0.732. The Labute approximate surface area is 161 Å². The summed E-state index contributed by atoms with van der Waals surface area (Å²) < 4.78 is 0. The first-order chi connectivity index (χ1) is 13.0. The van der Waals surface area contributed by atoms with Crippen molar-refractivity contribution in [3.63, 3.8) is 0 Å². The van der Waals surface area contributed by atoms with E-state index in [9.17, 15) is 14.4 Å². The number of carbonyl (C=O) groups is 3. The molecule has 2 aromatic carbocycles. The molecule has 2 N–H and O–H groups in total. The third-order valence-corrected chi connectivity index (χ3v) is 5.02. The Bertz CT molecular complexity index is 975. The van der Waals surface area contributed by atoms with E-state index < -0.39 is 0 Å². The van der Waals surface area contributed by atoms with Gasteiger partial charge in [0.05, 0.1) is 0 Å². The summed E-state index contributed by atoms with van der Waals surface area (Å²) in [7, 11) is 0. The number of Topliss-reactive ketones (excluding diaryl/α,β-unsaturated/α-hetero) is 2. The van der Waals surface area contributed by atoms with Crippen molar-refractivity contribution >= 4 is 29.1 Å². The zero-order valence-corrected chi connectivity index (χ0v) is 15.2. The highest BCUT2D eigenvalue weighted by atomic mass is 35.5. The monoisotopic (exact) mass is 380 g/mol. The first-order valence-electron chi connectivity index (χ1n) is 8.76. The zero-order chi connectivity index (χ0) is 19.0. The van der Waals surface area contributed by atoms with Crippen molar-refractivity contribution in [2.45, 2.75) is 25.4 Å². The summed E-state index contributed by atoms with van der Waals surface area (Å²) in [4.78, 5) is 37.0. The lowest BCUT2D eigenvalue weighted by Crippen LogP contribution is -2.29. The minimum atomic E-state index is -0.360. The summed E-state index contributed by atoms with van der Waals surface area (Å²) >= 11 is 6.14. The van der Waals surface area contributed by atoms with Gasteiger partial charge in [-0.2, -0.15) is 0 Å². The van der Waals surface area contributed by atoms with Gasteiger partial charge in [-0.1, -0.05) is 48.0 Å². The molecule has 27 heavy (non-hydrogen) atoms. The number of benzene rings is 2. The van der Waals surface area contributed by atoms with Gasteiger partial charge in [-0.3, -0.25) is 14.4 Å². The van der Waals surface area contributed by atoms with Crippen LogP contribution < -0.4 is 10.6 Å². The maximum absolute atomic E-state index is 12.6. The molecule has 2 aromatic rings. The first-order valence-corrected chi connectivity index (χ1v) is 9.14. The molecule has 0 saturated heterocycles. The Morgan fingerprint density at radius 2 is 1.59 bits per heavy atom. The van der Waals surface area contributed by atoms with Gasteiger partial charge in [0.1, 0.15) is 10.7 Å². The second-order valence-electron chi connectivity index (χ2n) is 6.69. The highest BCUT2D eigenvalue weighted by Gasteiger charge is 2.31. The molecule has 2 aliphatic rings. The van der Waals surface area contributed by atoms with Crippen LogP contribution in [0.5, 0.6) is 0 Å². The van der Waals surface area contributed by atoms with E-state index in [0.29, 0.717) is 29.3 Å². The van der Waals surface area contributed by atoms with Gasteiger partial charge in [-0.05, 0) is 30.5 Å². The highest BCUT2D eigenvalue weighted by Crippen LogP contribution is 2.27. The lowest BCUT2D eigenvalue weighted by molar-refractivity contribution is 0.0950. The smallest absolute Gasteiger partial charge is 0.251 e. The normalized spacial score (nSPS) is 16.2. The van der Waals surface area contributed by atoms with E-state index in [4.69, 9.17) is 11.6 Å². The number of amides is 1. The minimum absolute atomic E-state index is 0.0765. The molecule has 0 atom stereocenters. The van der Waals surface area contributed by atoms with Gasteiger partial charge in [-0.15, -0.1) is 0 Å². The van der Waals surface area contributed by atoms with Crippen molar-refractivity contribution in [2.75, 3.05) is 0 Å². The Hall–Kier alpha value is -2.92. The number of fused-ring (bicyclic) bond motifs is 1. The average Bonchev–Trinajstić information content (AvgIpc) is 3.50. The van der Waals surface area contributed by atoms with Crippen LogP contribution >= 0.6 is 11.6 Å². The number of ketones is 2. The highest BCUT2D eigenvalue weighted by molar-refractivity contribution is 6.49. The Morgan fingerprint density at radius 1 is 0.963 bits per heavy atom. The Balaban J connectivity index is 1.46. The van der Waals surface area contributed by atoms with Crippen LogP contribution in [0.2, 0.25) is 0 Å². The maximum atomic E-state index is 12.6. The summed E-state index contributed by atoms with van der Waals surface area (Å²) in [6.07, 6.45) is 2.08. The molecule has 1 amide bonds. The second kappa shape index (κ2) is 7.00. The number of hydrogen-bond donors (Lipinski definition) is 2. The first kappa shape index (κ1) is 17.5. The molecule has 0 radical (unpaired) electrons. The third-order valence-electron chi connectivity index (χ3n) is 4.66. The molecule has 6 heteroatoms. The summed E-state index contributed by atoms with van der Waals surface area (Å²) in [5.41, 5.74) is 2.25. The molecule has 1 saturated carbocycles. The Morgan fingerprint density at radius 3 is 2.22 bits per heavy atom. The van der Waals surface area contributed by atoms with Gasteiger partial charge in [0.2, 0.25) is 11.6 Å². The van der Waals surface area contributed by atoms with Crippen molar-refractivity contribution in [3.05, 3.63) is 81.5 Å². The molecule has 0 bridgehead atoms. The number of hydrogen-bond acceptors (Lipinski definition) is 4. The van der Waals surface area contributed by atoms with Gasteiger partial charge in [0.15, 0.2) is 0 Å². The van der Waals surface area contributed by atoms with Gasteiger partial charge < -0.3 is 10.6 Å². The fraction of sp³-hybridized carbons (Fsp3) is 0.190. The molecule has 0 aliphatic heterocycles. The van der Waals surface area contributed by atoms with Gasteiger partial charge in [-0.25, -0.2) is 0 Å². The van der Waals surface area contributed by atoms with Crippen LogP contribution in [0.1, 0.15) is 49.5 Å². The average molecular weight is 381 g/mol. The van der Waals surface area contributed by atoms with E-state index >= 15 is 0 Å². The number of carbonyl (C=O) groups excluding carboxylic acids is 3. The summed E-state index contributed by atoms with van der Waals surface area (Å²) in [6.45, 7) is 0.317. The molecule has 2 aliphatic carbocycles. The van der Waals surface area contributed by atoms with Crippen LogP contribution in [0, 0.1) is 0 Å². The predicted octanol–water partition coefficient (Wildman–Crippen LogP) is 3.20. The molecule has 0 spiro atoms.